The lowest BCUT2D eigenvalue weighted by Crippen LogP contribution is -2.41. The number of nitrogens with zero attached hydrogens (tertiary/aromatic N) is 1. The molecule has 1 unspecified atom stereocenters. The van der Waals surface area contributed by atoms with Gasteiger partial charge in [-0.05, 0) is 31.0 Å². The Hall–Kier alpha value is -0.860. The van der Waals surface area contributed by atoms with Crippen molar-refractivity contribution in [2.75, 3.05) is 13.1 Å². The Morgan fingerprint density at radius 1 is 1.35 bits per heavy atom. The van der Waals surface area contributed by atoms with Crippen molar-refractivity contribution in [1.29, 1.82) is 0 Å². The van der Waals surface area contributed by atoms with Crippen LogP contribution in [0.2, 0.25) is 5.02 Å². The van der Waals surface area contributed by atoms with Crippen molar-refractivity contribution in [3.05, 3.63) is 34.9 Å². The highest BCUT2D eigenvalue weighted by molar-refractivity contribution is 6.30. The van der Waals surface area contributed by atoms with Gasteiger partial charge < -0.3 is 0 Å². The molecule has 1 aromatic carbocycles. The maximum Gasteiger partial charge on any atom is 0.135 e. The maximum atomic E-state index is 11.3. The minimum absolute atomic E-state index is 0.392. The fourth-order valence-electron chi connectivity index (χ4n) is 2.31. The van der Waals surface area contributed by atoms with Crippen LogP contribution in [0.15, 0.2) is 24.3 Å². The summed E-state index contributed by atoms with van der Waals surface area (Å²) in [6.07, 6.45) is 2.45. The molecule has 0 amide bonds. The van der Waals surface area contributed by atoms with E-state index in [2.05, 4.69) is 24.0 Å². The van der Waals surface area contributed by atoms with E-state index in [-0.39, 0.29) is 0 Å². The zero-order valence-electron chi connectivity index (χ0n) is 10.2. The molecule has 1 fully saturated rings. The zero-order valence-corrected chi connectivity index (χ0v) is 10.9. The van der Waals surface area contributed by atoms with Gasteiger partial charge in [-0.25, -0.2) is 0 Å². The standard InChI is InChI=1S/C14H18ClNO/c1-11-10-14(17)7-9-16(11)8-6-12-2-4-13(15)5-3-12/h2-5,11H,6-10H2,1H3. The first-order valence-corrected chi connectivity index (χ1v) is 6.53. The summed E-state index contributed by atoms with van der Waals surface area (Å²) >= 11 is 5.85. The lowest BCUT2D eigenvalue weighted by molar-refractivity contribution is -0.122. The molecule has 2 nitrogen and oxygen atoms in total. The monoisotopic (exact) mass is 251 g/mol. The largest absolute Gasteiger partial charge is 0.300 e. The predicted octanol–water partition coefficient (Wildman–Crippen LogP) is 2.94. The van der Waals surface area contributed by atoms with Crippen LogP contribution in [0, 0.1) is 0 Å². The number of ketones is 1. The number of piperidine rings is 1. The van der Waals surface area contributed by atoms with Crippen LogP contribution in [-0.2, 0) is 11.2 Å². The second-order valence-corrected chi connectivity index (χ2v) is 5.19. The van der Waals surface area contributed by atoms with Gasteiger partial charge >= 0.3 is 0 Å². The summed E-state index contributed by atoms with van der Waals surface area (Å²) in [5.74, 6) is 0.403. The molecule has 0 spiro atoms. The van der Waals surface area contributed by atoms with Crippen molar-refractivity contribution in [2.45, 2.75) is 32.2 Å². The van der Waals surface area contributed by atoms with E-state index in [0.717, 1.165) is 24.5 Å². The molecule has 0 saturated carbocycles. The Balaban J connectivity index is 1.85. The van der Waals surface area contributed by atoms with Gasteiger partial charge in [-0.3, -0.25) is 9.69 Å². The molecule has 0 bridgehead atoms. The highest BCUT2D eigenvalue weighted by Crippen LogP contribution is 2.15. The first-order chi connectivity index (χ1) is 8.15. The first kappa shape index (κ1) is 12.6. The highest BCUT2D eigenvalue weighted by Gasteiger charge is 2.22. The fraction of sp³-hybridized carbons (Fsp3) is 0.500. The van der Waals surface area contributed by atoms with E-state index in [4.69, 9.17) is 11.6 Å². The molecular formula is C14H18ClNO. The minimum Gasteiger partial charge on any atom is -0.300 e. The Bertz CT molecular complexity index is 388. The molecular weight excluding hydrogens is 234 g/mol. The molecule has 1 saturated heterocycles. The van der Waals surface area contributed by atoms with Crippen LogP contribution in [0.4, 0.5) is 0 Å². The van der Waals surface area contributed by atoms with E-state index in [1.54, 1.807) is 0 Å². The summed E-state index contributed by atoms with van der Waals surface area (Å²) in [6, 6.07) is 8.40. The van der Waals surface area contributed by atoms with Crippen LogP contribution in [0.25, 0.3) is 0 Å². The molecule has 1 aromatic rings. The molecule has 0 radical (unpaired) electrons. The van der Waals surface area contributed by atoms with E-state index in [1.807, 2.05) is 12.1 Å². The van der Waals surface area contributed by atoms with E-state index < -0.39 is 0 Å². The van der Waals surface area contributed by atoms with E-state index in [1.165, 1.54) is 5.56 Å². The number of carbonyl (C=O) groups excluding carboxylic acids is 1. The average molecular weight is 252 g/mol. The number of halogens is 1. The van der Waals surface area contributed by atoms with E-state index in [0.29, 0.717) is 24.7 Å². The second kappa shape index (κ2) is 5.65. The molecule has 17 heavy (non-hydrogen) atoms. The Kier molecular flexibility index (Phi) is 4.19. The molecule has 1 atom stereocenters. The van der Waals surface area contributed by atoms with Crippen LogP contribution >= 0.6 is 11.6 Å². The smallest absolute Gasteiger partial charge is 0.135 e. The van der Waals surface area contributed by atoms with Gasteiger partial charge in [0.25, 0.3) is 0 Å². The van der Waals surface area contributed by atoms with Crippen molar-refractivity contribution < 1.29 is 4.79 Å². The third-order valence-corrected chi connectivity index (χ3v) is 3.68. The van der Waals surface area contributed by atoms with Gasteiger partial charge in [0, 0.05) is 37.0 Å². The van der Waals surface area contributed by atoms with Gasteiger partial charge in [-0.2, -0.15) is 0 Å². The molecule has 92 valence electrons. The summed E-state index contributed by atoms with van der Waals surface area (Å²) < 4.78 is 0. The van der Waals surface area contributed by atoms with Crippen molar-refractivity contribution in [2.24, 2.45) is 0 Å². The van der Waals surface area contributed by atoms with Gasteiger partial charge in [0.05, 0.1) is 0 Å². The van der Waals surface area contributed by atoms with Crippen LogP contribution in [0.5, 0.6) is 0 Å². The molecule has 0 aliphatic carbocycles. The van der Waals surface area contributed by atoms with Gasteiger partial charge in [0.15, 0.2) is 0 Å². The van der Waals surface area contributed by atoms with Crippen molar-refractivity contribution in [3.8, 4) is 0 Å². The average Bonchev–Trinajstić information content (AvgIpc) is 2.30. The summed E-state index contributed by atoms with van der Waals surface area (Å²) in [5, 5.41) is 0.783. The van der Waals surface area contributed by atoms with E-state index >= 15 is 0 Å². The topological polar surface area (TPSA) is 20.3 Å². The van der Waals surface area contributed by atoms with Crippen molar-refractivity contribution >= 4 is 17.4 Å². The summed E-state index contributed by atoms with van der Waals surface area (Å²) in [4.78, 5) is 13.7. The molecule has 1 aliphatic rings. The lowest BCUT2D eigenvalue weighted by Gasteiger charge is -2.32. The Morgan fingerprint density at radius 2 is 2.06 bits per heavy atom. The van der Waals surface area contributed by atoms with Crippen LogP contribution in [0.3, 0.4) is 0 Å². The third-order valence-electron chi connectivity index (χ3n) is 3.43. The first-order valence-electron chi connectivity index (χ1n) is 6.15. The number of rotatable bonds is 3. The maximum absolute atomic E-state index is 11.3. The predicted molar refractivity (Wildman–Crippen MR) is 70.4 cm³/mol. The SMILES string of the molecule is CC1CC(=O)CCN1CCc1ccc(Cl)cc1. The van der Waals surface area contributed by atoms with Crippen molar-refractivity contribution in [1.82, 2.24) is 4.90 Å². The minimum atomic E-state index is 0.392. The summed E-state index contributed by atoms with van der Waals surface area (Å²) in [6.45, 7) is 4.07. The lowest BCUT2D eigenvalue weighted by atomic mass is 10.0. The summed E-state index contributed by atoms with van der Waals surface area (Å²) in [7, 11) is 0. The Labute approximate surface area is 108 Å². The molecule has 1 aliphatic heterocycles. The molecule has 3 heteroatoms. The van der Waals surface area contributed by atoms with Crippen molar-refractivity contribution in [3.63, 3.8) is 0 Å². The quantitative estimate of drug-likeness (QED) is 0.823. The number of hydrogen-bond donors (Lipinski definition) is 0. The van der Waals surface area contributed by atoms with Gasteiger partial charge in [-0.1, -0.05) is 23.7 Å². The zero-order chi connectivity index (χ0) is 12.3. The normalized spacial score (nSPS) is 21.8. The highest BCUT2D eigenvalue weighted by atomic mass is 35.5. The second-order valence-electron chi connectivity index (χ2n) is 4.75. The third kappa shape index (κ3) is 3.55. The molecule has 1 heterocycles. The van der Waals surface area contributed by atoms with Crippen LogP contribution in [0.1, 0.15) is 25.3 Å². The molecule has 0 aromatic heterocycles. The number of carbonyl (C=O) groups is 1. The molecule has 0 N–H and O–H groups in total. The number of benzene rings is 1. The Morgan fingerprint density at radius 3 is 2.71 bits per heavy atom. The number of Topliss-reactive ketones (excluding diaryl/α,β-unsaturated/α-hetero) is 1. The van der Waals surface area contributed by atoms with Gasteiger partial charge in [-0.15, -0.1) is 0 Å². The van der Waals surface area contributed by atoms with Crippen LogP contribution < -0.4 is 0 Å². The van der Waals surface area contributed by atoms with Gasteiger partial charge in [0.1, 0.15) is 5.78 Å². The summed E-state index contributed by atoms with van der Waals surface area (Å²) in [5.41, 5.74) is 1.30. The number of likely N-dealkylation sites (tertiary alicyclic amines) is 1. The van der Waals surface area contributed by atoms with Gasteiger partial charge in [0.2, 0.25) is 0 Å². The molecule has 2 rings (SSSR count). The fourth-order valence-corrected chi connectivity index (χ4v) is 2.43. The van der Waals surface area contributed by atoms with E-state index in [9.17, 15) is 4.79 Å². The van der Waals surface area contributed by atoms with Crippen LogP contribution in [-0.4, -0.2) is 29.8 Å². The number of hydrogen-bond acceptors (Lipinski definition) is 2.